The van der Waals surface area contributed by atoms with Crippen LogP contribution in [0, 0.1) is 15.9 Å². The predicted molar refractivity (Wildman–Crippen MR) is 59.6 cm³/mol. The lowest BCUT2D eigenvalue weighted by Gasteiger charge is -2.07. The first-order valence-corrected chi connectivity index (χ1v) is 5.10. The molecular formula is C11H10FN3O2. The lowest BCUT2D eigenvalue weighted by atomic mass is 10.2. The number of hydrogen-bond acceptors (Lipinski definition) is 3. The molecule has 0 fully saturated rings. The molecular weight excluding hydrogens is 225 g/mol. The number of imidazole rings is 1. The summed E-state index contributed by atoms with van der Waals surface area (Å²) in [6.45, 7) is 1.88. The van der Waals surface area contributed by atoms with E-state index in [4.69, 9.17) is 0 Å². The van der Waals surface area contributed by atoms with Crippen LogP contribution in [0.5, 0.6) is 0 Å². The first kappa shape index (κ1) is 11.3. The highest BCUT2D eigenvalue weighted by Gasteiger charge is 2.21. The molecule has 0 saturated heterocycles. The molecule has 0 unspecified atom stereocenters. The normalized spacial score (nSPS) is 10.5. The van der Waals surface area contributed by atoms with Crippen molar-refractivity contribution in [3.05, 3.63) is 52.3 Å². The number of para-hydroxylation sites is 1. The first-order valence-electron chi connectivity index (χ1n) is 5.10. The molecule has 5 nitrogen and oxygen atoms in total. The molecule has 0 aliphatic heterocycles. The number of rotatable bonds is 3. The van der Waals surface area contributed by atoms with E-state index < -0.39 is 16.4 Å². The summed E-state index contributed by atoms with van der Waals surface area (Å²) in [5.74, 6) is -0.193. The quantitative estimate of drug-likeness (QED) is 0.606. The fourth-order valence-corrected chi connectivity index (χ4v) is 1.69. The second kappa shape index (κ2) is 4.32. The molecule has 0 aliphatic carbocycles. The van der Waals surface area contributed by atoms with Gasteiger partial charge in [-0.1, -0.05) is 13.0 Å². The van der Waals surface area contributed by atoms with Gasteiger partial charge in [0.15, 0.2) is 0 Å². The fourth-order valence-electron chi connectivity index (χ4n) is 1.69. The summed E-state index contributed by atoms with van der Waals surface area (Å²) in [5.41, 5.74) is -0.329. The third-order valence-corrected chi connectivity index (χ3v) is 2.44. The Labute approximate surface area is 96.7 Å². The molecule has 88 valence electrons. The maximum atomic E-state index is 13.5. The Bertz CT molecular complexity index is 566. The van der Waals surface area contributed by atoms with Crippen LogP contribution in [0.3, 0.4) is 0 Å². The van der Waals surface area contributed by atoms with E-state index in [-0.39, 0.29) is 5.69 Å². The Morgan fingerprint density at radius 2 is 2.29 bits per heavy atom. The summed E-state index contributed by atoms with van der Waals surface area (Å²) < 4.78 is 15.0. The lowest BCUT2D eigenvalue weighted by Crippen LogP contribution is -2.04. The summed E-state index contributed by atoms with van der Waals surface area (Å²) in [6, 6.07) is 4.02. The van der Waals surface area contributed by atoms with Crippen LogP contribution in [-0.2, 0) is 6.42 Å². The summed E-state index contributed by atoms with van der Waals surface area (Å²) >= 11 is 0. The van der Waals surface area contributed by atoms with Gasteiger partial charge >= 0.3 is 5.69 Å². The smallest absolute Gasteiger partial charge is 0.297 e. The number of aryl methyl sites for hydroxylation is 1. The number of nitro groups is 1. The van der Waals surface area contributed by atoms with Gasteiger partial charge in [0.1, 0.15) is 11.5 Å². The molecule has 0 N–H and O–H groups in total. The number of hydrogen-bond donors (Lipinski definition) is 0. The van der Waals surface area contributed by atoms with E-state index in [1.54, 1.807) is 6.20 Å². The van der Waals surface area contributed by atoms with Crippen molar-refractivity contribution in [1.29, 1.82) is 0 Å². The SMILES string of the molecule is CCc1nccn1-c1cccc(F)c1[N+](=O)[O-]. The molecule has 2 aromatic rings. The van der Waals surface area contributed by atoms with E-state index in [1.807, 2.05) is 6.92 Å². The van der Waals surface area contributed by atoms with Crippen LogP contribution in [0.4, 0.5) is 10.1 Å². The topological polar surface area (TPSA) is 61.0 Å². The molecule has 1 aromatic heterocycles. The number of nitro benzene ring substituents is 1. The van der Waals surface area contributed by atoms with Crippen molar-refractivity contribution in [2.45, 2.75) is 13.3 Å². The van der Waals surface area contributed by atoms with Gasteiger partial charge in [-0.05, 0) is 12.1 Å². The van der Waals surface area contributed by atoms with Crippen LogP contribution >= 0.6 is 0 Å². The molecule has 0 aliphatic rings. The van der Waals surface area contributed by atoms with Crippen molar-refractivity contribution in [3.63, 3.8) is 0 Å². The average molecular weight is 235 g/mol. The summed E-state index contributed by atoms with van der Waals surface area (Å²) in [4.78, 5) is 14.2. The second-order valence-corrected chi connectivity index (χ2v) is 3.43. The van der Waals surface area contributed by atoms with Gasteiger partial charge in [0, 0.05) is 18.8 Å². The van der Waals surface area contributed by atoms with Gasteiger partial charge < -0.3 is 0 Å². The molecule has 0 spiro atoms. The first-order chi connectivity index (χ1) is 8.15. The summed E-state index contributed by atoms with van der Waals surface area (Å²) in [6.07, 6.45) is 3.73. The van der Waals surface area contributed by atoms with Crippen molar-refractivity contribution in [1.82, 2.24) is 9.55 Å². The van der Waals surface area contributed by atoms with Crippen molar-refractivity contribution in [2.75, 3.05) is 0 Å². The predicted octanol–water partition coefficient (Wildman–Crippen LogP) is 2.48. The van der Waals surface area contributed by atoms with Gasteiger partial charge in [-0.2, -0.15) is 4.39 Å². The summed E-state index contributed by atoms with van der Waals surface area (Å²) in [5, 5.41) is 10.9. The molecule has 2 rings (SSSR count). The highest BCUT2D eigenvalue weighted by Crippen LogP contribution is 2.26. The Kier molecular flexibility index (Phi) is 2.86. The van der Waals surface area contributed by atoms with Crippen LogP contribution in [0.1, 0.15) is 12.7 Å². The highest BCUT2D eigenvalue weighted by molar-refractivity contribution is 5.53. The molecule has 6 heteroatoms. The molecule has 17 heavy (non-hydrogen) atoms. The maximum Gasteiger partial charge on any atom is 0.328 e. The van der Waals surface area contributed by atoms with Gasteiger partial charge in [0.25, 0.3) is 0 Å². The van der Waals surface area contributed by atoms with Crippen LogP contribution in [0.25, 0.3) is 5.69 Å². The van der Waals surface area contributed by atoms with Crippen molar-refractivity contribution in [2.24, 2.45) is 0 Å². The number of benzene rings is 1. The van der Waals surface area contributed by atoms with Crippen molar-refractivity contribution < 1.29 is 9.31 Å². The number of halogens is 1. The minimum absolute atomic E-state index is 0.198. The molecule has 0 amide bonds. The zero-order valence-corrected chi connectivity index (χ0v) is 9.13. The molecule has 1 heterocycles. The van der Waals surface area contributed by atoms with Gasteiger partial charge in [-0.25, -0.2) is 4.98 Å². The minimum atomic E-state index is -0.844. The van der Waals surface area contributed by atoms with Crippen LogP contribution in [-0.4, -0.2) is 14.5 Å². The second-order valence-electron chi connectivity index (χ2n) is 3.43. The molecule has 0 bridgehead atoms. The number of nitrogens with zero attached hydrogens (tertiary/aromatic N) is 3. The third-order valence-electron chi connectivity index (χ3n) is 2.44. The van der Waals surface area contributed by atoms with E-state index in [2.05, 4.69) is 4.98 Å². The van der Waals surface area contributed by atoms with E-state index >= 15 is 0 Å². The average Bonchev–Trinajstić information content (AvgIpc) is 2.75. The van der Waals surface area contributed by atoms with Gasteiger partial charge in [0.05, 0.1) is 4.92 Å². The van der Waals surface area contributed by atoms with Crippen molar-refractivity contribution >= 4 is 5.69 Å². The Morgan fingerprint density at radius 3 is 2.94 bits per heavy atom. The zero-order valence-electron chi connectivity index (χ0n) is 9.13. The zero-order chi connectivity index (χ0) is 12.4. The van der Waals surface area contributed by atoms with E-state index in [1.165, 1.54) is 22.9 Å². The van der Waals surface area contributed by atoms with Gasteiger partial charge in [-0.15, -0.1) is 0 Å². The largest absolute Gasteiger partial charge is 0.328 e. The number of aromatic nitrogens is 2. The van der Waals surface area contributed by atoms with E-state index in [0.29, 0.717) is 12.2 Å². The Morgan fingerprint density at radius 1 is 1.53 bits per heavy atom. The summed E-state index contributed by atoms with van der Waals surface area (Å²) in [7, 11) is 0. The van der Waals surface area contributed by atoms with Crippen LogP contribution < -0.4 is 0 Å². The van der Waals surface area contributed by atoms with Gasteiger partial charge in [0.2, 0.25) is 5.82 Å². The molecule has 0 saturated carbocycles. The third kappa shape index (κ3) is 1.89. The maximum absolute atomic E-state index is 13.5. The Balaban J connectivity index is 2.67. The van der Waals surface area contributed by atoms with Gasteiger partial charge in [-0.3, -0.25) is 14.7 Å². The molecule has 0 atom stereocenters. The standard InChI is InChI=1S/C11H10FN3O2/c1-2-10-13-6-7-14(10)9-5-3-4-8(12)11(9)15(16)17/h3-7H,2H2,1H3. The van der Waals surface area contributed by atoms with Crippen molar-refractivity contribution in [3.8, 4) is 5.69 Å². The molecule has 0 radical (unpaired) electrons. The Hall–Kier alpha value is -2.24. The fraction of sp³-hybridized carbons (Fsp3) is 0.182. The lowest BCUT2D eigenvalue weighted by molar-refractivity contribution is -0.387. The van der Waals surface area contributed by atoms with Crippen LogP contribution in [0.15, 0.2) is 30.6 Å². The van der Waals surface area contributed by atoms with E-state index in [9.17, 15) is 14.5 Å². The minimum Gasteiger partial charge on any atom is -0.297 e. The monoisotopic (exact) mass is 235 g/mol. The highest BCUT2D eigenvalue weighted by atomic mass is 19.1. The molecule has 1 aromatic carbocycles. The van der Waals surface area contributed by atoms with E-state index in [0.717, 1.165) is 6.07 Å². The van der Waals surface area contributed by atoms with Crippen LogP contribution in [0.2, 0.25) is 0 Å².